The van der Waals surface area contributed by atoms with Crippen molar-refractivity contribution in [1.82, 2.24) is 5.32 Å². The van der Waals surface area contributed by atoms with Crippen LogP contribution in [-0.2, 0) is 0 Å². The molecule has 1 aromatic heterocycles. The van der Waals surface area contributed by atoms with Crippen LogP contribution in [0.3, 0.4) is 0 Å². The highest BCUT2D eigenvalue weighted by Crippen LogP contribution is 2.33. The van der Waals surface area contributed by atoms with Crippen molar-refractivity contribution < 1.29 is 14.7 Å². The predicted octanol–water partition coefficient (Wildman–Crippen LogP) is 4.15. The van der Waals surface area contributed by atoms with Gasteiger partial charge in [0, 0.05) is 12.1 Å². The number of aromatic hydroxyl groups is 1. The quantitative estimate of drug-likeness (QED) is 0.737. The molecule has 122 valence electrons. The molecule has 5 nitrogen and oxygen atoms in total. The Morgan fingerprint density at radius 1 is 1.22 bits per heavy atom. The predicted molar refractivity (Wildman–Crippen MR) is 93.0 cm³/mol. The van der Waals surface area contributed by atoms with Crippen molar-refractivity contribution in [2.45, 2.75) is 13.3 Å². The van der Waals surface area contributed by atoms with E-state index >= 15 is 0 Å². The number of amides is 2. The van der Waals surface area contributed by atoms with Crippen molar-refractivity contribution in [3.8, 4) is 5.75 Å². The van der Waals surface area contributed by atoms with Crippen LogP contribution >= 0.6 is 34.5 Å². The third kappa shape index (κ3) is 4.16. The van der Waals surface area contributed by atoms with Crippen LogP contribution < -0.4 is 10.6 Å². The number of carbonyl (C=O) groups is 2. The van der Waals surface area contributed by atoms with E-state index in [9.17, 15) is 14.7 Å². The molecule has 0 unspecified atom stereocenters. The fraction of sp³-hybridized carbons (Fsp3) is 0.200. The van der Waals surface area contributed by atoms with Crippen LogP contribution in [0.2, 0.25) is 10.0 Å². The molecule has 2 rings (SSSR count). The Bertz CT molecular complexity index is 723. The van der Waals surface area contributed by atoms with E-state index in [0.717, 1.165) is 6.42 Å². The van der Waals surface area contributed by atoms with Crippen LogP contribution in [-0.4, -0.2) is 23.5 Å². The summed E-state index contributed by atoms with van der Waals surface area (Å²) >= 11 is 12.9. The molecule has 1 heterocycles. The lowest BCUT2D eigenvalue weighted by Crippen LogP contribution is -2.24. The third-order valence-corrected chi connectivity index (χ3v) is 4.42. The molecule has 0 atom stereocenters. The van der Waals surface area contributed by atoms with Crippen molar-refractivity contribution in [2.24, 2.45) is 0 Å². The summed E-state index contributed by atoms with van der Waals surface area (Å²) in [4.78, 5) is 24.7. The molecule has 0 spiro atoms. The van der Waals surface area contributed by atoms with E-state index in [1.807, 2.05) is 6.92 Å². The van der Waals surface area contributed by atoms with Gasteiger partial charge < -0.3 is 15.7 Å². The van der Waals surface area contributed by atoms with Crippen LogP contribution in [0.15, 0.2) is 23.6 Å². The summed E-state index contributed by atoms with van der Waals surface area (Å²) in [6.07, 6.45) is 0.823. The molecule has 1 aromatic carbocycles. The first-order chi connectivity index (χ1) is 10.9. The fourth-order valence-electron chi connectivity index (χ4n) is 1.79. The summed E-state index contributed by atoms with van der Waals surface area (Å²) in [5.74, 6) is -0.990. The van der Waals surface area contributed by atoms with Crippen LogP contribution in [0.1, 0.15) is 33.4 Å². The molecule has 2 amide bonds. The van der Waals surface area contributed by atoms with Gasteiger partial charge in [-0.1, -0.05) is 30.1 Å². The van der Waals surface area contributed by atoms with Gasteiger partial charge in [0.1, 0.15) is 4.88 Å². The normalized spacial score (nSPS) is 10.4. The molecule has 0 saturated carbocycles. The Morgan fingerprint density at radius 3 is 2.48 bits per heavy atom. The Morgan fingerprint density at radius 2 is 1.87 bits per heavy atom. The molecular weight excluding hydrogens is 359 g/mol. The minimum Gasteiger partial charge on any atom is -0.505 e. The van der Waals surface area contributed by atoms with E-state index in [-0.39, 0.29) is 27.3 Å². The molecule has 0 bridgehead atoms. The zero-order valence-electron chi connectivity index (χ0n) is 12.2. The Hall–Kier alpha value is -1.76. The molecule has 0 aliphatic heterocycles. The highest BCUT2D eigenvalue weighted by Gasteiger charge is 2.17. The molecule has 0 aliphatic rings. The van der Waals surface area contributed by atoms with Crippen LogP contribution in [0, 0.1) is 0 Å². The molecular formula is C15H14Cl2N2O3S. The topological polar surface area (TPSA) is 78.4 Å². The number of nitrogens with one attached hydrogen (secondary N) is 2. The standard InChI is InChI=1S/C15H14Cl2N2O3S/c1-2-4-18-15(22)13-11(3-5-23-13)19-14(21)8-6-9(16)12(20)10(17)7-8/h3,5-7,20H,2,4H2,1H3,(H,18,22)(H,19,21). The summed E-state index contributed by atoms with van der Waals surface area (Å²) in [6.45, 7) is 2.52. The molecule has 0 radical (unpaired) electrons. The maximum Gasteiger partial charge on any atom is 0.263 e. The highest BCUT2D eigenvalue weighted by atomic mass is 35.5. The largest absolute Gasteiger partial charge is 0.505 e. The van der Waals surface area contributed by atoms with Crippen molar-refractivity contribution in [3.63, 3.8) is 0 Å². The summed E-state index contributed by atoms with van der Waals surface area (Å²) in [5, 5.41) is 16.6. The molecule has 23 heavy (non-hydrogen) atoms. The number of rotatable bonds is 5. The molecule has 0 aliphatic carbocycles. The lowest BCUT2D eigenvalue weighted by atomic mass is 10.2. The average molecular weight is 373 g/mol. The summed E-state index contributed by atoms with van der Waals surface area (Å²) in [7, 11) is 0. The van der Waals surface area contributed by atoms with Gasteiger partial charge in [-0.3, -0.25) is 9.59 Å². The van der Waals surface area contributed by atoms with Crippen molar-refractivity contribution in [3.05, 3.63) is 44.1 Å². The number of hydrogen-bond acceptors (Lipinski definition) is 4. The summed E-state index contributed by atoms with van der Waals surface area (Å²) < 4.78 is 0. The van der Waals surface area contributed by atoms with E-state index < -0.39 is 5.91 Å². The van der Waals surface area contributed by atoms with Crippen LogP contribution in [0.5, 0.6) is 5.75 Å². The number of hydrogen-bond donors (Lipinski definition) is 3. The number of anilines is 1. The second-order valence-electron chi connectivity index (χ2n) is 4.66. The maximum atomic E-state index is 12.3. The van der Waals surface area contributed by atoms with Gasteiger partial charge >= 0.3 is 0 Å². The average Bonchev–Trinajstić information content (AvgIpc) is 2.97. The SMILES string of the molecule is CCCNC(=O)c1sccc1NC(=O)c1cc(Cl)c(O)c(Cl)c1. The van der Waals surface area contributed by atoms with E-state index in [1.54, 1.807) is 11.4 Å². The number of carbonyl (C=O) groups excluding carboxylic acids is 2. The molecule has 2 aromatic rings. The smallest absolute Gasteiger partial charge is 0.263 e. The van der Waals surface area contributed by atoms with Gasteiger partial charge in [0.2, 0.25) is 0 Å². The lowest BCUT2D eigenvalue weighted by molar-refractivity contribution is 0.0958. The minimum atomic E-state index is -0.475. The van der Waals surface area contributed by atoms with Crippen molar-refractivity contribution >= 4 is 52.0 Å². The number of phenolic OH excluding ortho intramolecular Hbond substituents is 1. The van der Waals surface area contributed by atoms with Gasteiger partial charge in [-0.25, -0.2) is 0 Å². The van der Waals surface area contributed by atoms with E-state index in [2.05, 4.69) is 10.6 Å². The van der Waals surface area contributed by atoms with Gasteiger partial charge in [0.05, 0.1) is 15.7 Å². The summed E-state index contributed by atoms with van der Waals surface area (Å²) in [6, 6.07) is 4.26. The van der Waals surface area contributed by atoms with Gasteiger partial charge in [-0.2, -0.15) is 0 Å². The Kier molecular flexibility index (Phi) is 5.87. The molecule has 0 saturated heterocycles. The molecule has 0 fully saturated rings. The van der Waals surface area contributed by atoms with Gasteiger partial charge in [0.25, 0.3) is 11.8 Å². The first kappa shape index (κ1) is 17.6. The number of benzene rings is 1. The van der Waals surface area contributed by atoms with Gasteiger partial charge in [0.15, 0.2) is 5.75 Å². The van der Waals surface area contributed by atoms with E-state index in [1.165, 1.54) is 23.5 Å². The number of thiophene rings is 1. The third-order valence-electron chi connectivity index (χ3n) is 2.93. The Balaban J connectivity index is 2.18. The van der Waals surface area contributed by atoms with Crippen molar-refractivity contribution in [1.29, 1.82) is 0 Å². The fourth-order valence-corrected chi connectivity index (χ4v) is 3.05. The number of phenols is 1. The molecule has 3 N–H and O–H groups in total. The first-order valence-electron chi connectivity index (χ1n) is 6.79. The lowest BCUT2D eigenvalue weighted by Gasteiger charge is -2.08. The van der Waals surface area contributed by atoms with Crippen molar-refractivity contribution in [2.75, 3.05) is 11.9 Å². The zero-order chi connectivity index (χ0) is 17.0. The maximum absolute atomic E-state index is 12.3. The van der Waals surface area contributed by atoms with E-state index in [4.69, 9.17) is 23.2 Å². The van der Waals surface area contributed by atoms with Gasteiger partial charge in [-0.05, 0) is 30.0 Å². The highest BCUT2D eigenvalue weighted by molar-refractivity contribution is 7.12. The van der Waals surface area contributed by atoms with Gasteiger partial charge in [-0.15, -0.1) is 11.3 Å². The van der Waals surface area contributed by atoms with Crippen LogP contribution in [0.25, 0.3) is 0 Å². The Labute approximate surface area is 147 Å². The number of halogens is 2. The second kappa shape index (κ2) is 7.68. The van der Waals surface area contributed by atoms with Crippen LogP contribution in [0.4, 0.5) is 5.69 Å². The first-order valence-corrected chi connectivity index (χ1v) is 8.42. The summed E-state index contributed by atoms with van der Waals surface area (Å²) in [5.41, 5.74) is 0.595. The van der Waals surface area contributed by atoms with E-state index in [0.29, 0.717) is 17.1 Å². The zero-order valence-corrected chi connectivity index (χ0v) is 14.5. The second-order valence-corrected chi connectivity index (χ2v) is 6.39. The molecule has 8 heteroatoms. The monoisotopic (exact) mass is 372 g/mol. The minimum absolute atomic E-state index is 0.0196.